The first-order valence-electron chi connectivity index (χ1n) is 13.4. The summed E-state index contributed by atoms with van der Waals surface area (Å²) in [5, 5.41) is 0. The second kappa shape index (κ2) is 11.5. The van der Waals surface area contributed by atoms with Crippen LogP contribution < -0.4 is 0 Å². The average molecular weight is 586 g/mol. The molecule has 2 heterocycles. The van der Waals surface area contributed by atoms with Crippen molar-refractivity contribution in [1.82, 2.24) is 14.7 Å². The predicted molar refractivity (Wildman–Crippen MR) is 139 cm³/mol. The second-order valence-corrected chi connectivity index (χ2v) is 11.4. The molecule has 2 aliphatic heterocycles. The number of amides is 2. The topological polar surface area (TPSA) is 53.1 Å². The number of alkyl halides is 6. The molecule has 2 aliphatic rings. The van der Waals surface area contributed by atoms with Crippen LogP contribution in [0, 0.1) is 0 Å². The highest BCUT2D eigenvalue weighted by atomic mass is 19.4. The van der Waals surface area contributed by atoms with Crippen LogP contribution in [0.3, 0.4) is 0 Å². The molecule has 2 saturated heterocycles. The molecule has 2 amide bonds. The van der Waals surface area contributed by atoms with Gasteiger partial charge in [-0.25, -0.2) is 4.79 Å². The molecule has 4 rings (SSSR count). The lowest BCUT2D eigenvalue weighted by Gasteiger charge is -2.47. The van der Waals surface area contributed by atoms with Crippen LogP contribution in [0.4, 0.5) is 31.1 Å². The SMILES string of the molecule is CC(C)(C)OC(=O)N1CCN([C@@H]2CCN(C(=O)c3cc(C(F)(F)F)cc(C(F)(F)F)c3)C[C@@H]2c2ccccc2)CC1. The average Bonchev–Trinajstić information content (AvgIpc) is 2.91. The zero-order chi connectivity index (χ0) is 30.2. The van der Waals surface area contributed by atoms with E-state index in [1.165, 1.54) is 4.90 Å². The molecule has 6 nitrogen and oxygen atoms in total. The number of rotatable bonds is 3. The number of carbonyl (C=O) groups is 2. The number of likely N-dealkylation sites (tertiary alicyclic amines) is 1. The summed E-state index contributed by atoms with van der Waals surface area (Å²) in [4.78, 5) is 31.1. The molecule has 0 aliphatic carbocycles. The van der Waals surface area contributed by atoms with Gasteiger partial charge < -0.3 is 14.5 Å². The zero-order valence-electron chi connectivity index (χ0n) is 23.1. The van der Waals surface area contributed by atoms with Crippen molar-refractivity contribution in [2.45, 2.75) is 57.1 Å². The summed E-state index contributed by atoms with van der Waals surface area (Å²) < 4.78 is 85.9. The van der Waals surface area contributed by atoms with Crippen molar-refractivity contribution in [3.63, 3.8) is 0 Å². The summed E-state index contributed by atoms with van der Waals surface area (Å²) in [5.41, 5.74) is -3.40. The molecular formula is C29H33F6N3O3. The number of carbonyl (C=O) groups excluding carboxylic acids is 2. The lowest BCUT2D eigenvalue weighted by Crippen LogP contribution is -2.57. The molecule has 41 heavy (non-hydrogen) atoms. The minimum Gasteiger partial charge on any atom is -0.444 e. The Balaban J connectivity index is 1.55. The van der Waals surface area contributed by atoms with E-state index in [1.54, 1.807) is 25.7 Å². The minimum atomic E-state index is -5.04. The Hall–Kier alpha value is -3.28. The van der Waals surface area contributed by atoms with Crippen LogP contribution in [0.5, 0.6) is 0 Å². The Bertz CT molecular complexity index is 1200. The van der Waals surface area contributed by atoms with Crippen LogP contribution in [0.25, 0.3) is 0 Å². The van der Waals surface area contributed by atoms with E-state index in [-0.39, 0.29) is 31.1 Å². The van der Waals surface area contributed by atoms with Crippen LogP contribution in [-0.2, 0) is 17.1 Å². The molecule has 0 saturated carbocycles. The third-order valence-electron chi connectivity index (χ3n) is 7.36. The van der Waals surface area contributed by atoms with E-state index in [4.69, 9.17) is 4.74 Å². The number of hydrogen-bond donors (Lipinski definition) is 0. The smallest absolute Gasteiger partial charge is 0.416 e. The molecule has 0 radical (unpaired) electrons. The molecule has 2 aromatic carbocycles. The number of hydrogen-bond acceptors (Lipinski definition) is 4. The molecule has 2 atom stereocenters. The number of piperidine rings is 1. The highest BCUT2D eigenvalue weighted by Crippen LogP contribution is 2.38. The number of halogens is 6. The molecule has 224 valence electrons. The number of nitrogens with zero attached hydrogens (tertiary/aromatic N) is 3. The van der Waals surface area contributed by atoms with E-state index in [9.17, 15) is 35.9 Å². The van der Waals surface area contributed by atoms with Gasteiger partial charge in [0, 0.05) is 56.8 Å². The second-order valence-electron chi connectivity index (χ2n) is 11.4. The van der Waals surface area contributed by atoms with Crippen molar-refractivity contribution in [1.29, 1.82) is 0 Å². The highest BCUT2D eigenvalue weighted by molar-refractivity contribution is 5.95. The molecule has 12 heteroatoms. The van der Waals surface area contributed by atoms with E-state index in [1.807, 2.05) is 30.3 Å². The monoisotopic (exact) mass is 585 g/mol. The lowest BCUT2D eigenvalue weighted by molar-refractivity contribution is -0.143. The zero-order valence-corrected chi connectivity index (χ0v) is 23.1. The summed E-state index contributed by atoms with van der Waals surface area (Å²) in [6, 6.07) is 10.3. The third-order valence-corrected chi connectivity index (χ3v) is 7.36. The molecular weight excluding hydrogens is 552 g/mol. The molecule has 0 N–H and O–H groups in total. The Labute approximate surface area is 234 Å². The molecule has 2 fully saturated rings. The number of piperazine rings is 1. The lowest BCUT2D eigenvalue weighted by atomic mass is 9.84. The molecule has 0 aromatic heterocycles. The molecule has 2 aromatic rings. The maximum Gasteiger partial charge on any atom is 0.416 e. The Morgan fingerprint density at radius 3 is 1.85 bits per heavy atom. The predicted octanol–water partition coefficient (Wildman–Crippen LogP) is 6.28. The van der Waals surface area contributed by atoms with Crippen molar-refractivity contribution in [2.75, 3.05) is 39.3 Å². The van der Waals surface area contributed by atoms with E-state index in [2.05, 4.69) is 4.90 Å². The van der Waals surface area contributed by atoms with Crippen molar-refractivity contribution in [3.8, 4) is 0 Å². The maximum atomic E-state index is 13.4. The van der Waals surface area contributed by atoms with Gasteiger partial charge in [0.05, 0.1) is 11.1 Å². The van der Waals surface area contributed by atoms with E-state index < -0.39 is 46.6 Å². The van der Waals surface area contributed by atoms with Crippen molar-refractivity contribution >= 4 is 12.0 Å². The van der Waals surface area contributed by atoms with Gasteiger partial charge in [-0.15, -0.1) is 0 Å². The summed E-state index contributed by atoms with van der Waals surface area (Å²) in [6.07, 6.45) is -10.0. The van der Waals surface area contributed by atoms with Gasteiger partial charge in [-0.2, -0.15) is 26.3 Å². The molecule has 0 unspecified atom stereocenters. The largest absolute Gasteiger partial charge is 0.444 e. The Morgan fingerprint density at radius 2 is 1.34 bits per heavy atom. The maximum absolute atomic E-state index is 13.4. The van der Waals surface area contributed by atoms with Gasteiger partial charge in [0.2, 0.25) is 0 Å². The Morgan fingerprint density at radius 1 is 0.780 bits per heavy atom. The quantitative estimate of drug-likeness (QED) is 0.399. The third kappa shape index (κ3) is 7.52. The summed E-state index contributed by atoms with van der Waals surface area (Å²) in [5.74, 6) is -1.12. The van der Waals surface area contributed by atoms with Gasteiger partial charge in [-0.05, 0) is 51.0 Å². The molecule has 0 bridgehead atoms. The minimum absolute atomic E-state index is 0.0205. The summed E-state index contributed by atoms with van der Waals surface area (Å²) >= 11 is 0. The fourth-order valence-corrected chi connectivity index (χ4v) is 5.41. The number of benzene rings is 2. The normalized spacial score (nSPS) is 21.1. The standard InChI is InChI=1S/C29H33F6N3O3/c1-27(2,3)41-26(40)37-13-11-36(12-14-37)24-9-10-38(18-23(24)19-7-5-4-6-8-19)25(39)20-15-21(28(30,31)32)17-22(16-20)29(33,34)35/h4-8,15-17,23-24H,9-14,18H2,1-3H3/t23-,24-/m1/s1. The van der Waals surface area contributed by atoms with Crippen LogP contribution in [0.15, 0.2) is 48.5 Å². The van der Waals surface area contributed by atoms with Crippen LogP contribution >= 0.6 is 0 Å². The Kier molecular flexibility index (Phi) is 8.63. The van der Waals surface area contributed by atoms with Gasteiger partial charge in [0.15, 0.2) is 0 Å². The van der Waals surface area contributed by atoms with E-state index in [0.717, 1.165) is 5.56 Å². The fraction of sp³-hybridized carbons (Fsp3) is 0.517. The summed E-state index contributed by atoms with van der Waals surface area (Å²) in [6.45, 7) is 7.68. The first-order valence-corrected chi connectivity index (χ1v) is 13.4. The molecule has 0 spiro atoms. The van der Waals surface area contributed by atoms with Gasteiger partial charge in [-0.1, -0.05) is 30.3 Å². The van der Waals surface area contributed by atoms with Crippen molar-refractivity contribution in [2.24, 2.45) is 0 Å². The van der Waals surface area contributed by atoms with Gasteiger partial charge in [-0.3, -0.25) is 9.69 Å². The fourth-order valence-electron chi connectivity index (χ4n) is 5.41. The van der Waals surface area contributed by atoms with Gasteiger partial charge in [0.25, 0.3) is 5.91 Å². The van der Waals surface area contributed by atoms with E-state index >= 15 is 0 Å². The van der Waals surface area contributed by atoms with Crippen molar-refractivity contribution in [3.05, 3.63) is 70.8 Å². The van der Waals surface area contributed by atoms with Gasteiger partial charge in [0.1, 0.15) is 5.60 Å². The van der Waals surface area contributed by atoms with Crippen LogP contribution in [-0.4, -0.2) is 77.6 Å². The number of ether oxygens (including phenoxy) is 1. The van der Waals surface area contributed by atoms with E-state index in [0.29, 0.717) is 44.7 Å². The van der Waals surface area contributed by atoms with Crippen LogP contribution in [0.1, 0.15) is 60.2 Å². The van der Waals surface area contributed by atoms with Gasteiger partial charge >= 0.3 is 18.4 Å². The van der Waals surface area contributed by atoms with Crippen LogP contribution in [0.2, 0.25) is 0 Å². The highest BCUT2D eigenvalue weighted by Gasteiger charge is 2.41. The first-order chi connectivity index (χ1) is 19.0. The summed E-state index contributed by atoms with van der Waals surface area (Å²) in [7, 11) is 0. The first kappa shape index (κ1) is 30.7. The van der Waals surface area contributed by atoms with Crippen molar-refractivity contribution < 1.29 is 40.7 Å².